The van der Waals surface area contributed by atoms with Gasteiger partial charge in [-0.2, -0.15) is 0 Å². The molecular formula is C22H24ClNO3. The van der Waals surface area contributed by atoms with Crippen LogP contribution in [0.2, 0.25) is 5.02 Å². The number of methoxy groups -OCH3 is 1. The van der Waals surface area contributed by atoms with Gasteiger partial charge in [0, 0.05) is 17.5 Å². The molecule has 142 valence electrons. The number of ether oxygens (including phenoxy) is 1. The minimum absolute atomic E-state index is 0.0528. The van der Waals surface area contributed by atoms with Crippen LogP contribution in [-0.2, 0) is 17.6 Å². The number of benzene rings is 2. The summed E-state index contributed by atoms with van der Waals surface area (Å²) in [4.78, 5) is 15.2. The van der Waals surface area contributed by atoms with Gasteiger partial charge >= 0.3 is 0 Å². The Morgan fingerprint density at radius 2 is 2.11 bits per heavy atom. The van der Waals surface area contributed by atoms with Crippen molar-refractivity contribution >= 4 is 17.5 Å². The lowest BCUT2D eigenvalue weighted by Crippen LogP contribution is -2.34. The quantitative estimate of drug-likeness (QED) is 0.841. The van der Waals surface area contributed by atoms with E-state index >= 15 is 0 Å². The summed E-state index contributed by atoms with van der Waals surface area (Å²) < 4.78 is 5.53. The number of phenolic OH excluding ortho intramolecular Hbond substituents is 1. The summed E-state index contributed by atoms with van der Waals surface area (Å²) >= 11 is 6.24. The highest BCUT2D eigenvalue weighted by molar-refractivity contribution is 6.31. The molecule has 0 bridgehead atoms. The molecule has 2 aliphatic rings. The Labute approximate surface area is 164 Å². The lowest BCUT2D eigenvalue weighted by atomic mass is 9.86. The number of fused-ring (bicyclic) bond motifs is 1. The predicted octanol–water partition coefficient (Wildman–Crippen LogP) is 4.52. The molecule has 2 aromatic rings. The zero-order valence-electron chi connectivity index (χ0n) is 15.5. The molecule has 1 saturated heterocycles. The first-order valence-corrected chi connectivity index (χ1v) is 9.90. The van der Waals surface area contributed by atoms with Gasteiger partial charge in [-0.25, -0.2) is 0 Å². The summed E-state index contributed by atoms with van der Waals surface area (Å²) in [5.41, 5.74) is 3.40. The summed E-state index contributed by atoms with van der Waals surface area (Å²) in [6.07, 6.45) is 4.53. The van der Waals surface area contributed by atoms with Gasteiger partial charge in [0.25, 0.3) is 0 Å². The molecule has 2 atom stereocenters. The molecule has 1 amide bonds. The summed E-state index contributed by atoms with van der Waals surface area (Å²) in [7, 11) is 1.71. The van der Waals surface area contributed by atoms with Crippen LogP contribution in [0.3, 0.4) is 0 Å². The molecule has 1 aliphatic heterocycles. The number of phenols is 1. The molecule has 0 radical (unpaired) electrons. The molecule has 4 nitrogen and oxygen atoms in total. The van der Waals surface area contributed by atoms with Crippen LogP contribution in [0.4, 0.5) is 0 Å². The lowest BCUT2D eigenvalue weighted by Gasteiger charge is -2.34. The Bertz CT molecular complexity index is 867. The molecule has 2 aromatic carbocycles. The predicted molar refractivity (Wildman–Crippen MR) is 105 cm³/mol. The number of carbonyl (C=O) groups is 1. The SMILES string of the molecule is COc1cccc2c1CCCC2N1CCC(Cc2ccc(O)cc2Cl)C1=O. The van der Waals surface area contributed by atoms with E-state index in [-0.39, 0.29) is 23.6 Å². The lowest BCUT2D eigenvalue weighted by molar-refractivity contribution is -0.133. The van der Waals surface area contributed by atoms with Gasteiger partial charge in [-0.15, -0.1) is 0 Å². The third-order valence-electron chi connectivity index (χ3n) is 5.88. The van der Waals surface area contributed by atoms with Crippen molar-refractivity contribution in [2.45, 2.75) is 38.1 Å². The summed E-state index contributed by atoms with van der Waals surface area (Å²) in [5.74, 6) is 1.23. The minimum atomic E-state index is -0.0528. The molecule has 2 unspecified atom stereocenters. The van der Waals surface area contributed by atoms with E-state index in [9.17, 15) is 9.90 Å². The molecule has 0 saturated carbocycles. The van der Waals surface area contributed by atoms with Crippen LogP contribution in [0.5, 0.6) is 11.5 Å². The number of aromatic hydroxyl groups is 1. The number of hydrogen-bond acceptors (Lipinski definition) is 3. The van der Waals surface area contributed by atoms with Gasteiger partial charge in [0.2, 0.25) is 5.91 Å². The standard InChI is InChI=1S/C22H24ClNO3/c1-27-21-7-3-4-17-18(21)5-2-6-20(17)24-11-10-15(22(24)26)12-14-8-9-16(25)13-19(14)23/h3-4,7-9,13,15,20,25H,2,5-6,10-12H2,1H3. The summed E-state index contributed by atoms with van der Waals surface area (Å²) in [5, 5.41) is 10.1. The van der Waals surface area contributed by atoms with Crippen molar-refractivity contribution in [3.05, 3.63) is 58.1 Å². The molecule has 4 rings (SSSR count). The van der Waals surface area contributed by atoms with E-state index in [4.69, 9.17) is 16.3 Å². The largest absolute Gasteiger partial charge is 0.508 e. The number of halogens is 1. The number of hydrogen-bond donors (Lipinski definition) is 1. The van der Waals surface area contributed by atoms with E-state index in [0.29, 0.717) is 11.4 Å². The second kappa shape index (κ2) is 7.43. The monoisotopic (exact) mass is 385 g/mol. The third-order valence-corrected chi connectivity index (χ3v) is 6.23. The van der Waals surface area contributed by atoms with Gasteiger partial charge in [0.15, 0.2) is 0 Å². The Balaban J connectivity index is 1.55. The van der Waals surface area contributed by atoms with Crippen LogP contribution in [0.1, 0.15) is 42.0 Å². The first-order chi connectivity index (χ1) is 13.1. The molecule has 1 fully saturated rings. The number of likely N-dealkylation sites (tertiary alicyclic amines) is 1. The smallest absolute Gasteiger partial charge is 0.226 e. The first-order valence-electron chi connectivity index (χ1n) is 9.52. The maximum Gasteiger partial charge on any atom is 0.226 e. The second-order valence-corrected chi connectivity index (χ2v) is 7.84. The molecule has 1 aliphatic carbocycles. The number of nitrogens with zero attached hydrogens (tertiary/aromatic N) is 1. The molecule has 1 N–H and O–H groups in total. The fraction of sp³-hybridized carbons (Fsp3) is 0.409. The maximum atomic E-state index is 13.2. The normalized spacial score (nSPS) is 22.0. The van der Waals surface area contributed by atoms with E-state index < -0.39 is 0 Å². The number of rotatable bonds is 4. The van der Waals surface area contributed by atoms with Gasteiger partial charge in [-0.05, 0) is 67.0 Å². The zero-order chi connectivity index (χ0) is 19.0. The van der Waals surface area contributed by atoms with Gasteiger partial charge < -0.3 is 14.7 Å². The highest BCUT2D eigenvalue weighted by Crippen LogP contribution is 2.41. The van der Waals surface area contributed by atoms with Gasteiger partial charge in [-0.1, -0.05) is 29.8 Å². The van der Waals surface area contributed by atoms with Crippen LogP contribution in [0, 0.1) is 5.92 Å². The van der Waals surface area contributed by atoms with Crippen molar-refractivity contribution in [3.63, 3.8) is 0 Å². The van der Waals surface area contributed by atoms with Crippen molar-refractivity contribution in [2.75, 3.05) is 13.7 Å². The molecule has 5 heteroatoms. The van der Waals surface area contributed by atoms with E-state index in [1.165, 1.54) is 17.2 Å². The van der Waals surface area contributed by atoms with Crippen LogP contribution >= 0.6 is 11.6 Å². The van der Waals surface area contributed by atoms with Crippen LogP contribution in [-0.4, -0.2) is 29.6 Å². The highest BCUT2D eigenvalue weighted by Gasteiger charge is 2.38. The van der Waals surface area contributed by atoms with Crippen LogP contribution < -0.4 is 4.74 Å². The molecule has 0 aromatic heterocycles. The topological polar surface area (TPSA) is 49.8 Å². The average Bonchev–Trinajstić information content (AvgIpc) is 3.03. The average molecular weight is 386 g/mol. The Morgan fingerprint density at radius 1 is 1.26 bits per heavy atom. The maximum absolute atomic E-state index is 13.2. The van der Waals surface area contributed by atoms with E-state index in [1.54, 1.807) is 13.2 Å². The zero-order valence-corrected chi connectivity index (χ0v) is 16.2. The number of amides is 1. The second-order valence-electron chi connectivity index (χ2n) is 7.43. The first kappa shape index (κ1) is 18.2. The molecular weight excluding hydrogens is 362 g/mol. The van der Waals surface area contributed by atoms with Crippen molar-refractivity contribution in [2.24, 2.45) is 5.92 Å². The highest BCUT2D eigenvalue weighted by atomic mass is 35.5. The van der Waals surface area contributed by atoms with E-state index in [1.807, 2.05) is 18.2 Å². The Hall–Kier alpha value is -2.20. The van der Waals surface area contributed by atoms with E-state index in [2.05, 4.69) is 11.0 Å². The fourth-order valence-electron chi connectivity index (χ4n) is 4.53. The van der Waals surface area contributed by atoms with E-state index in [0.717, 1.165) is 43.5 Å². The van der Waals surface area contributed by atoms with Gasteiger partial charge in [-0.3, -0.25) is 4.79 Å². The fourth-order valence-corrected chi connectivity index (χ4v) is 4.79. The van der Waals surface area contributed by atoms with Crippen molar-refractivity contribution in [3.8, 4) is 11.5 Å². The van der Waals surface area contributed by atoms with Crippen LogP contribution in [0.25, 0.3) is 0 Å². The third kappa shape index (κ3) is 3.39. The number of carbonyl (C=O) groups excluding carboxylic acids is 1. The van der Waals surface area contributed by atoms with Crippen molar-refractivity contribution in [1.82, 2.24) is 4.90 Å². The van der Waals surface area contributed by atoms with Crippen molar-refractivity contribution < 1.29 is 14.6 Å². The molecule has 27 heavy (non-hydrogen) atoms. The van der Waals surface area contributed by atoms with Crippen molar-refractivity contribution in [1.29, 1.82) is 0 Å². The molecule has 0 spiro atoms. The van der Waals surface area contributed by atoms with Crippen LogP contribution in [0.15, 0.2) is 36.4 Å². The summed E-state index contributed by atoms with van der Waals surface area (Å²) in [6, 6.07) is 11.3. The summed E-state index contributed by atoms with van der Waals surface area (Å²) in [6.45, 7) is 0.778. The van der Waals surface area contributed by atoms with Gasteiger partial charge in [0.05, 0.1) is 13.2 Å². The Morgan fingerprint density at radius 3 is 2.89 bits per heavy atom. The minimum Gasteiger partial charge on any atom is -0.508 e. The Kier molecular flexibility index (Phi) is 5.00. The van der Waals surface area contributed by atoms with Gasteiger partial charge in [0.1, 0.15) is 11.5 Å². The molecule has 1 heterocycles.